The van der Waals surface area contributed by atoms with Gasteiger partial charge in [0.2, 0.25) is 0 Å². The Balaban J connectivity index is 0.000000791. The van der Waals surface area contributed by atoms with Gasteiger partial charge in [-0.25, -0.2) is 4.39 Å². The molecule has 0 aromatic carbocycles. The number of halogens is 1. The van der Waals surface area contributed by atoms with Gasteiger partial charge in [0.15, 0.2) is 0 Å². The Hall–Kier alpha value is -1.44. The number of allylic oxidation sites excluding steroid dienone is 1. The summed E-state index contributed by atoms with van der Waals surface area (Å²) in [6.45, 7) is 13.0. The molecule has 1 heterocycles. The molecular weight excluding hydrogens is 177 g/mol. The highest BCUT2D eigenvalue weighted by Gasteiger charge is 2.06. The highest BCUT2D eigenvalue weighted by atomic mass is 19.1. The van der Waals surface area contributed by atoms with Crippen molar-refractivity contribution in [2.45, 2.75) is 20.8 Å². The third-order valence-corrected chi connectivity index (χ3v) is 1.58. The van der Waals surface area contributed by atoms with E-state index in [0.29, 0.717) is 16.7 Å². The molecule has 0 bridgehead atoms. The maximum Gasteiger partial charge on any atom is 0.149 e. The van der Waals surface area contributed by atoms with Crippen LogP contribution in [0.1, 0.15) is 31.9 Å². The van der Waals surface area contributed by atoms with E-state index in [2.05, 4.69) is 18.1 Å². The first-order valence-corrected chi connectivity index (χ1v) is 4.58. The smallest absolute Gasteiger partial charge is 0.149 e. The summed E-state index contributed by atoms with van der Waals surface area (Å²) in [5, 5.41) is 0. The molecule has 0 aliphatic carbocycles. The fraction of sp³-hybridized carbons (Fsp3) is 0.250. The summed E-state index contributed by atoms with van der Waals surface area (Å²) in [5.74, 6) is -0.347. The van der Waals surface area contributed by atoms with Gasteiger partial charge in [0.1, 0.15) is 5.82 Å². The largest absolute Gasteiger partial charge is 0.261 e. The molecule has 14 heavy (non-hydrogen) atoms. The second-order valence-corrected chi connectivity index (χ2v) is 2.57. The lowest BCUT2D eigenvalue weighted by Crippen LogP contribution is -1.92. The van der Waals surface area contributed by atoms with Crippen molar-refractivity contribution in [1.82, 2.24) is 4.98 Å². The lowest BCUT2D eigenvalue weighted by molar-refractivity contribution is 0.617. The van der Waals surface area contributed by atoms with Gasteiger partial charge in [-0.1, -0.05) is 33.1 Å². The van der Waals surface area contributed by atoms with Crippen LogP contribution in [0, 0.1) is 5.82 Å². The van der Waals surface area contributed by atoms with Crippen LogP contribution in [0.2, 0.25) is 0 Å². The number of pyridine rings is 1. The number of rotatable bonds is 2. The Morgan fingerprint density at radius 3 is 2.36 bits per heavy atom. The number of aromatic nitrogens is 1. The van der Waals surface area contributed by atoms with Crippen LogP contribution in [0.3, 0.4) is 0 Å². The fourth-order valence-corrected chi connectivity index (χ4v) is 1.06. The Labute approximate surface area is 85.0 Å². The van der Waals surface area contributed by atoms with E-state index in [1.807, 2.05) is 13.8 Å². The molecule has 2 heteroatoms. The third-order valence-electron chi connectivity index (χ3n) is 1.58. The Morgan fingerprint density at radius 2 is 2.00 bits per heavy atom. The van der Waals surface area contributed by atoms with Gasteiger partial charge in [0.05, 0.1) is 6.20 Å². The number of hydrogen-bond donors (Lipinski definition) is 0. The summed E-state index contributed by atoms with van der Waals surface area (Å²) in [6, 6.07) is 0. The van der Waals surface area contributed by atoms with Gasteiger partial charge in [-0.15, -0.1) is 0 Å². The summed E-state index contributed by atoms with van der Waals surface area (Å²) < 4.78 is 13.1. The first-order valence-electron chi connectivity index (χ1n) is 4.58. The van der Waals surface area contributed by atoms with E-state index in [9.17, 15) is 4.39 Å². The van der Waals surface area contributed by atoms with Crippen LogP contribution in [0.5, 0.6) is 0 Å². The molecule has 1 aromatic rings. The molecular formula is C12H16FN. The van der Waals surface area contributed by atoms with Crippen LogP contribution in [-0.4, -0.2) is 4.98 Å². The molecule has 0 amide bonds. The lowest BCUT2D eigenvalue weighted by Gasteiger charge is -2.04. The molecule has 0 saturated carbocycles. The molecule has 0 unspecified atom stereocenters. The molecule has 0 fully saturated rings. The second-order valence-electron chi connectivity index (χ2n) is 2.57. The maximum absolute atomic E-state index is 13.1. The zero-order chi connectivity index (χ0) is 11.1. The van der Waals surface area contributed by atoms with E-state index in [1.54, 1.807) is 19.2 Å². The molecule has 0 atom stereocenters. The average Bonchev–Trinajstić information content (AvgIpc) is 2.19. The van der Waals surface area contributed by atoms with Gasteiger partial charge < -0.3 is 0 Å². The van der Waals surface area contributed by atoms with Crippen molar-refractivity contribution in [3.05, 3.63) is 42.5 Å². The highest BCUT2D eigenvalue weighted by Crippen LogP contribution is 2.20. The molecule has 0 N–H and O–H groups in total. The standard InChI is InChI=1S/C10H10FN.C2H6/c1-4-8-5-12-6-9(11)10(8)7(2)3;1-2/h4-6H,1-2H2,3H3;1-2H3. The predicted octanol–water partition coefficient (Wildman–Crippen LogP) is 3.92. The van der Waals surface area contributed by atoms with Crippen LogP contribution in [0.25, 0.3) is 11.6 Å². The van der Waals surface area contributed by atoms with Gasteiger partial charge in [-0.05, 0) is 12.5 Å². The molecule has 0 radical (unpaired) electrons. The number of hydrogen-bond acceptors (Lipinski definition) is 1. The summed E-state index contributed by atoms with van der Waals surface area (Å²) >= 11 is 0. The first kappa shape index (κ1) is 12.6. The van der Waals surface area contributed by atoms with Crippen molar-refractivity contribution in [2.75, 3.05) is 0 Å². The summed E-state index contributed by atoms with van der Waals surface area (Å²) in [5.41, 5.74) is 1.87. The lowest BCUT2D eigenvalue weighted by atomic mass is 10.0. The van der Waals surface area contributed by atoms with Crippen LogP contribution >= 0.6 is 0 Å². The zero-order valence-corrected chi connectivity index (χ0v) is 8.97. The quantitative estimate of drug-likeness (QED) is 0.693. The minimum absolute atomic E-state index is 0.347. The zero-order valence-electron chi connectivity index (χ0n) is 8.97. The van der Waals surface area contributed by atoms with E-state index >= 15 is 0 Å². The van der Waals surface area contributed by atoms with Crippen molar-refractivity contribution in [2.24, 2.45) is 0 Å². The van der Waals surface area contributed by atoms with E-state index in [0.717, 1.165) is 0 Å². The SMILES string of the molecule is C=Cc1cncc(F)c1C(=C)C.CC. The molecule has 0 spiro atoms. The van der Waals surface area contributed by atoms with Crippen molar-refractivity contribution < 1.29 is 4.39 Å². The van der Waals surface area contributed by atoms with Crippen molar-refractivity contribution >= 4 is 11.6 Å². The van der Waals surface area contributed by atoms with Gasteiger partial charge in [0.25, 0.3) is 0 Å². The van der Waals surface area contributed by atoms with Gasteiger partial charge in [-0.2, -0.15) is 0 Å². The summed E-state index contributed by atoms with van der Waals surface area (Å²) in [7, 11) is 0. The Morgan fingerprint density at radius 1 is 1.43 bits per heavy atom. The van der Waals surface area contributed by atoms with E-state index in [4.69, 9.17) is 0 Å². The predicted molar refractivity (Wildman–Crippen MR) is 60.3 cm³/mol. The van der Waals surface area contributed by atoms with Crippen molar-refractivity contribution in [1.29, 1.82) is 0 Å². The minimum atomic E-state index is -0.347. The molecule has 0 aliphatic rings. The van der Waals surface area contributed by atoms with Crippen LogP contribution in [0.4, 0.5) is 4.39 Å². The molecule has 76 valence electrons. The van der Waals surface area contributed by atoms with E-state index in [-0.39, 0.29) is 5.82 Å². The molecule has 0 saturated heterocycles. The maximum atomic E-state index is 13.1. The fourth-order valence-electron chi connectivity index (χ4n) is 1.06. The molecule has 0 aliphatic heterocycles. The van der Waals surface area contributed by atoms with E-state index < -0.39 is 0 Å². The average molecular weight is 193 g/mol. The van der Waals surface area contributed by atoms with Crippen LogP contribution < -0.4 is 0 Å². The normalized spacial score (nSPS) is 8.57. The third kappa shape index (κ3) is 2.80. The number of nitrogens with zero attached hydrogens (tertiary/aromatic N) is 1. The second kappa shape index (κ2) is 6.08. The highest BCUT2D eigenvalue weighted by molar-refractivity contribution is 5.70. The van der Waals surface area contributed by atoms with Crippen molar-refractivity contribution in [3.63, 3.8) is 0 Å². The first-order chi connectivity index (χ1) is 6.66. The summed E-state index contributed by atoms with van der Waals surface area (Å²) in [6.07, 6.45) is 4.32. The minimum Gasteiger partial charge on any atom is -0.261 e. The van der Waals surface area contributed by atoms with Gasteiger partial charge in [0, 0.05) is 17.3 Å². The molecule has 1 aromatic heterocycles. The van der Waals surface area contributed by atoms with Gasteiger partial charge >= 0.3 is 0 Å². The van der Waals surface area contributed by atoms with E-state index in [1.165, 1.54) is 6.20 Å². The molecule has 1 nitrogen and oxygen atoms in total. The Bertz CT molecular complexity index is 329. The van der Waals surface area contributed by atoms with Crippen molar-refractivity contribution in [3.8, 4) is 0 Å². The monoisotopic (exact) mass is 193 g/mol. The van der Waals surface area contributed by atoms with Crippen LogP contribution in [0.15, 0.2) is 25.6 Å². The van der Waals surface area contributed by atoms with Crippen LogP contribution in [-0.2, 0) is 0 Å². The summed E-state index contributed by atoms with van der Waals surface area (Å²) in [4.78, 5) is 3.71. The molecule has 1 rings (SSSR count). The Kier molecular flexibility index (Phi) is 5.46. The van der Waals surface area contributed by atoms with Gasteiger partial charge in [-0.3, -0.25) is 4.98 Å². The topological polar surface area (TPSA) is 12.9 Å².